The summed E-state index contributed by atoms with van der Waals surface area (Å²) in [6.07, 6.45) is 0. The van der Waals surface area contributed by atoms with Gasteiger partial charge < -0.3 is 0 Å². The third-order valence-corrected chi connectivity index (χ3v) is 3.10. The minimum atomic E-state index is 0. The molecule has 0 fully saturated rings. The molecule has 1 nitrogen and oxygen atoms in total. The second-order valence-corrected chi connectivity index (χ2v) is 3.51. The third kappa shape index (κ3) is 3.11. The van der Waals surface area contributed by atoms with Gasteiger partial charge in [-0.15, -0.1) is 28.3 Å². The molecule has 0 aliphatic rings. The van der Waals surface area contributed by atoms with Gasteiger partial charge in [0, 0.05) is 5.38 Å². The van der Waals surface area contributed by atoms with Crippen LogP contribution in [0.2, 0.25) is 0 Å². The molecule has 0 amide bonds. The Morgan fingerprint density at radius 3 is 2.56 bits per heavy atom. The van der Waals surface area contributed by atoms with Gasteiger partial charge in [-0.1, -0.05) is 15.9 Å². The molecule has 0 radical (unpaired) electrons. The number of alkyl halides is 1. The number of rotatable bonds is 1. The average Bonchev–Trinajstić information content (AvgIpc) is 2.14. The van der Waals surface area contributed by atoms with E-state index in [4.69, 9.17) is 0 Å². The number of halogens is 3. The van der Waals surface area contributed by atoms with Gasteiger partial charge in [-0.2, -0.15) is 0 Å². The Morgan fingerprint density at radius 1 is 1.67 bits per heavy atom. The molecule has 1 aromatic heterocycles. The van der Waals surface area contributed by atoms with Crippen LogP contribution in [-0.2, 0) is 5.33 Å². The first kappa shape index (κ1) is 10.1. The van der Waals surface area contributed by atoms with Crippen molar-refractivity contribution in [3.05, 3.63) is 15.0 Å². The fourth-order valence-electron chi connectivity index (χ4n) is 0.350. The first-order valence-corrected chi connectivity index (χ1v) is 4.78. The molecule has 1 rings (SSSR count). The monoisotopic (exact) mass is 335 g/mol. The Balaban J connectivity index is 0.000000640. The summed E-state index contributed by atoms with van der Waals surface area (Å²) in [6.45, 7) is 0. The minimum Gasteiger partial charge on any atom is -0.233 e. The molecule has 0 unspecified atom stereocenters. The van der Waals surface area contributed by atoms with Crippen molar-refractivity contribution < 1.29 is 0 Å². The summed E-state index contributed by atoms with van der Waals surface area (Å²) in [7, 11) is 0. The van der Waals surface area contributed by atoms with Crippen molar-refractivity contribution in [2.24, 2.45) is 0 Å². The fourth-order valence-corrected chi connectivity index (χ4v) is 1.98. The molecule has 1 heterocycles. The van der Waals surface area contributed by atoms with Crippen LogP contribution in [0, 0.1) is 0 Å². The molecule has 0 atom stereocenters. The highest BCUT2D eigenvalue weighted by atomic mass is 79.9. The summed E-state index contributed by atoms with van der Waals surface area (Å²) in [5, 5.41) is 3.93. The van der Waals surface area contributed by atoms with Gasteiger partial charge in [0.1, 0.15) is 9.61 Å². The second kappa shape index (κ2) is 4.82. The van der Waals surface area contributed by atoms with E-state index in [9.17, 15) is 0 Å². The maximum absolute atomic E-state index is 4.12. The lowest BCUT2D eigenvalue weighted by molar-refractivity contribution is 1.25. The molecule has 0 aliphatic heterocycles. The lowest BCUT2D eigenvalue weighted by Crippen LogP contribution is -1.69. The SMILES string of the molecule is Br.BrCc1nc(Br)cs1. The second-order valence-electron chi connectivity index (χ2n) is 1.20. The summed E-state index contributed by atoms with van der Waals surface area (Å²) >= 11 is 8.19. The van der Waals surface area contributed by atoms with E-state index < -0.39 is 0 Å². The molecule has 0 saturated carbocycles. The summed E-state index contributed by atoms with van der Waals surface area (Å²) in [4.78, 5) is 4.12. The predicted octanol–water partition coefficient (Wildman–Crippen LogP) is 3.38. The smallest absolute Gasteiger partial charge is 0.117 e. The van der Waals surface area contributed by atoms with Gasteiger partial charge in [0.05, 0.1) is 5.33 Å². The van der Waals surface area contributed by atoms with Crippen LogP contribution in [0.5, 0.6) is 0 Å². The molecule has 0 aliphatic carbocycles. The van der Waals surface area contributed by atoms with E-state index in [0.29, 0.717) is 0 Å². The largest absolute Gasteiger partial charge is 0.233 e. The molecule has 0 bridgehead atoms. The van der Waals surface area contributed by atoms with Crippen molar-refractivity contribution in [2.45, 2.75) is 5.33 Å². The van der Waals surface area contributed by atoms with Crippen LogP contribution in [0.25, 0.3) is 0 Å². The lowest BCUT2D eigenvalue weighted by Gasteiger charge is -1.77. The summed E-state index contributed by atoms with van der Waals surface area (Å²) in [5.41, 5.74) is 0. The Morgan fingerprint density at radius 2 is 2.33 bits per heavy atom. The third-order valence-electron chi connectivity index (χ3n) is 0.638. The van der Waals surface area contributed by atoms with Gasteiger partial charge in [0.2, 0.25) is 0 Å². The zero-order chi connectivity index (χ0) is 5.98. The van der Waals surface area contributed by atoms with Crippen LogP contribution < -0.4 is 0 Å². The van der Waals surface area contributed by atoms with E-state index in [1.54, 1.807) is 11.3 Å². The molecule has 0 N–H and O–H groups in total. The minimum absolute atomic E-state index is 0. The van der Waals surface area contributed by atoms with Gasteiger partial charge in [-0.25, -0.2) is 4.98 Å². The van der Waals surface area contributed by atoms with Crippen molar-refractivity contribution in [3.63, 3.8) is 0 Å². The van der Waals surface area contributed by atoms with E-state index in [1.807, 2.05) is 5.38 Å². The van der Waals surface area contributed by atoms with E-state index in [1.165, 1.54) is 0 Å². The quantitative estimate of drug-likeness (QED) is 0.716. The maximum Gasteiger partial charge on any atom is 0.117 e. The number of thiazole rings is 1. The Bertz CT molecular complexity index is 176. The van der Waals surface area contributed by atoms with Crippen LogP contribution >= 0.6 is 60.2 Å². The molecule has 0 spiro atoms. The highest BCUT2D eigenvalue weighted by Crippen LogP contribution is 2.16. The first-order valence-electron chi connectivity index (χ1n) is 1.99. The van der Waals surface area contributed by atoms with Gasteiger partial charge in [-0.05, 0) is 15.9 Å². The maximum atomic E-state index is 4.12. The van der Waals surface area contributed by atoms with Crippen LogP contribution in [-0.4, -0.2) is 4.98 Å². The number of hydrogen-bond donors (Lipinski definition) is 0. The fraction of sp³-hybridized carbons (Fsp3) is 0.250. The molecule has 0 aromatic carbocycles. The highest BCUT2D eigenvalue weighted by Gasteiger charge is 1.93. The van der Waals surface area contributed by atoms with Crippen molar-refractivity contribution in [2.75, 3.05) is 0 Å². The van der Waals surface area contributed by atoms with E-state index in [0.717, 1.165) is 14.9 Å². The highest BCUT2D eigenvalue weighted by molar-refractivity contribution is 9.10. The Labute approximate surface area is 84.9 Å². The van der Waals surface area contributed by atoms with Crippen LogP contribution in [0.1, 0.15) is 5.01 Å². The van der Waals surface area contributed by atoms with Gasteiger partial charge in [0.15, 0.2) is 0 Å². The van der Waals surface area contributed by atoms with Gasteiger partial charge >= 0.3 is 0 Å². The van der Waals surface area contributed by atoms with E-state index in [2.05, 4.69) is 36.8 Å². The van der Waals surface area contributed by atoms with Crippen LogP contribution in [0.3, 0.4) is 0 Å². The average molecular weight is 338 g/mol. The summed E-state index contributed by atoms with van der Waals surface area (Å²) in [6, 6.07) is 0. The number of aromatic nitrogens is 1. The normalized spacial score (nSPS) is 8.67. The molecule has 9 heavy (non-hydrogen) atoms. The summed E-state index contributed by atoms with van der Waals surface area (Å²) in [5.74, 6) is 0. The van der Waals surface area contributed by atoms with Crippen molar-refractivity contribution >= 4 is 60.2 Å². The zero-order valence-electron chi connectivity index (χ0n) is 4.30. The van der Waals surface area contributed by atoms with Gasteiger partial charge in [0.25, 0.3) is 0 Å². The first-order chi connectivity index (χ1) is 3.83. The molecular weight excluding hydrogens is 334 g/mol. The summed E-state index contributed by atoms with van der Waals surface area (Å²) < 4.78 is 0.928. The molecular formula is C4H4Br3NS. The Hall–Kier alpha value is 1.07. The standard InChI is InChI=1S/C4H3Br2NS.BrH/c5-1-4-7-3(6)2-8-4;/h2H,1H2;1H. The van der Waals surface area contributed by atoms with Crippen molar-refractivity contribution in [3.8, 4) is 0 Å². The Kier molecular flexibility index (Phi) is 5.39. The van der Waals surface area contributed by atoms with Crippen LogP contribution in [0.15, 0.2) is 9.98 Å². The van der Waals surface area contributed by atoms with Crippen molar-refractivity contribution in [1.29, 1.82) is 0 Å². The molecule has 52 valence electrons. The van der Waals surface area contributed by atoms with E-state index >= 15 is 0 Å². The van der Waals surface area contributed by atoms with Gasteiger partial charge in [-0.3, -0.25) is 0 Å². The van der Waals surface area contributed by atoms with E-state index in [-0.39, 0.29) is 17.0 Å². The zero-order valence-corrected chi connectivity index (χ0v) is 10.0. The molecule has 1 aromatic rings. The molecule has 5 heteroatoms. The lowest BCUT2D eigenvalue weighted by atomic mass is 10.8. The topological polar surface area (TPSA) is 12.9 Å². The number of hydrogen-bond acceptors (Lipinski definition) is 2. The number of nitrogens with zero attached hydrogens (tertiary/aromatic N) is 1. The predicted molar refractivity (Wildman–Crippen MR) is 52.8 cm³/mol. The van der Waals surface area contributed by atoms with Crippen LogP contribution in [0.4, 0.5) is 0 Å². The molecule has 0 saturated heterocycles. The van der Waals surface area contributed by atoms with Crippen molar-refractivity contribution in [1.82, 2.24) is 4.98 Å².